The van der Waals surface area contributed by atoms with Crippen LogP contribution in [0.15, 0.2) is 47.3 Å². The van der Waals surface area contributed by atoms with Crippen LogP contribution in [0.4, 0.5) is 0 Å². The van der Waals surface area contributed by atoms with Gasteiger partial charge in [-0.1, -0.05) is 12.7 Å². The lowest BCUT2D eigenvalue weighted by atomic mass is 10.3. The minimum Gasteiger partial charge on any atom is -0.511 e. The van der Waals surface area contributed by atoms with Crippen LogP contribution in [0.1, 0.15) is 5.76 Å². The van der Waals surface area contributed by atoms with Crippen molar-refractivity contribution in [1.29, 1.82) is 0 Å². The van der Waals surface area contributed by atoms with Gasteiger partial charge >= 0.3 is 0 Å². The first-order chi connectivity index (χ1) is 6.72. The van der Waals surface area contributed by atoms with Crippen molar-refractivity contribution in [2.45, 2.75) is 6.54 Å². The molecule has 1 rings (SSSR count). The average Bonchev–Trinajstić information content (AvgIpc) is 2.56. The maximum Gasteiger partial charge on any atom is 0.117 e. The summed E-state index contributed by atoms with van der Waals surface area (Å²) < 4.78 is 5.18. The Morgan fingerprint density at radius 2 is 2.50 bits per heavy atom. The van der Waals surface area contributed by atoms with Crippen molar-refractivity contribution in [3.63, 3.8) is 0 Å². The molecule has 0 aliphatic carbocycles. The van der Waals surface area contributed by atoms with Gasteiger partial charge in [0.05, 0.1) is 19.4 Å². The Kier molecular flexibility index (Phi) is 4.01. The monoisotopic (exact) mass is 193 g/mol. The van der Waals surface area contributed by atoms with Crippen LogP contribution in [0.5, 0.6) is 0 Å². The Labute approximate surface area is 84.0 Å². The minimum absolute atomic E-state index is 0.300. The SMILES string of the molecule is C=C/C=C(\O)CN(C)Cc1ccco1. The van der Waals surface area contributed by atoms with E-state index in [1.807, 2.05) is 24.1 Å². The van der Waals surface area contributed by atoms with Crippen molar-refractivity contribution >= 4 is 0 Å². The van der Waals surface area contributed by atoms with Gasteiger partial charge in [-0.2, -0.15) is 0 Å². The van der Waals surface area contributed by atoms with Crippen LogP contribution < -0.4 is 0 Å². The van der Waals surface area contributed by atoms with Crippen LogP contribution in [0.25, 0.3) is 0 Å². The smallest absolute Gasteiger partial charge is 0.117 e. The maximum absolute atomic E-state index is 9.37. The van der Waals surface area contributed by atoms with Gasteiger partial charge in [-0.3, -0.25) is 4.90 Å². The molecule has 1 N–H and O–H groups in total. The fraction of sp³-hybridized carbons (Fsp3) is 0.273. The van der Waals surface area contributed by atoms with Crippen LogP contribution in [-0.2, 0) is 6.54 Å². The summed E-state index contributed by atoms with van der Waals surface area (Å²) in [7, 11) is 1.91. The topological polar surface area (TPSA) is 36.6 Å². The van der Waals surface area contributed by atoms with E-state index in [-0.39, 0.29) is 0 Å². The van der Waals surface area contributed by atoms with Gasteiger partial charge in [0.2, 0.25) is 0 Å². The Balaban J connectivity index is 2.39. The van der Waals surface area contributed by atoms with E-state index in [4.69, 9.17) is 4.42 Å². The van der Waals surface area contributed by atoms with Crippen molar-refractivity contribution in [1.82, 2.24) is 4.90 Å². The number of rotatable bonds is 5. The molecule has 0 aromatic carbocycles. The van der Waals surface area contributed by atoms with E-state index in [0.29, 0.717) is 18.8 Å². The molecule has 1 aromatic heterocycles. The van der Waals surface area contributed by atoms with Gasteiger partial charge in [0.1, 0.15) is 11.5 Å². The zero-order valence-corrected chi connectivity index (χ0v) is 8.31. The Bertz CT molecular complexity index is 301. The van der Waals surface area contributed by atoms with Crippen LogP contribution in [-0.4, -0.2) is 23.6 Å². The van der Waals surface area contributed by atoms with Crippen LogP contribution in [0.3, 0.4) is 0 Å². The van der Waals surface area contributed by atoms with Gasteiger partial charge in [0, 0.05) is 0 Å². The summed E-state index contributed by atoms with van der Waals surface area (Å²) in [6.45, 7) is 4.69. The standard InChI is InChI=1S/C11H15NO2/c1-3-5-10(13)8-12(2)9-11-6-4-7-14-11/h3-7,13H,1,8-9H2,2H3/b10-5-. The molecule has 0 saturated carbocycles. The molecule has 0 radical (unpaired) electrons. The van der Waals surface area contributed by atoms with Crippen molar-refractivity contribution < 1.29 is 9.52 Å². The fourth-order valence-corrected chi connectivity index (χ4v) is 1.19. The average molecular weight is 193 g/mol. The van der Waals surface area contributed by atoms with E-state index < -0.39 is 0 Å². The lowest BCUT2D eigenvalue weighted by Gasteiger charge is -2.13. The second-order valence-corrected chi connectivity index (χ2v) is 3.15. The predicted octanol–water partition coefficient (Wildman–Crippen LogP) is 2.34. The van der Waals surface area contributed by atoms with Crippen LogP contribution >= 0.6 is 0 Å². The van der Waals surface area contributed by atoms with Gasteiger partial charge in [0.15, 0.2) is 0 Å². The molecule has 0 amide bonds. The highest BCUT2D eigenvalue weighted by Gasteiger charge is 2.03. The van der Waals surface area contributed by atoms with E-state index in [2.05, 4.69) is 6.58 Å². The first kappa shape index (κ1) is 10.6. The summed E-state index contributed by atoms with van der Waals surface area (Å²) in [5, 5.41) is 9.37. The number of nitrogens with zero attached hydrogens (tertiary/aromatic N) is 1. The third-order valence-corrected chi connectivity index (χ3v) is 1.75. The Hall–Kier alpha value is -1.48. The van der Waals surface area contributed by atoms with E-state index in [9.17, 15) is 5.11 Å². The highest BCUT2D eigenvalue weighted by atomic mass is 16.3. The third-order valence-electron chi connectivity index (χ3n) is 1.75. The summed E-state index contributed by atoms with van der Waals surface area (Å²) in [6.07, 6.45) is 4.79. The van der Waals surface area contributed by atoms with E-state index in [0.717, 1.165) is 5.76 Å². The second kappa shape index (κ2) is 5.29. The molecule has 3 heteroatoms. The first-order valence-corrected chi connectivity index (χ1v) is 4.44. The molecule has 1 aromatic rings. The normalized spacial score (nSPS) is 12.0. The van der Waals surface area contributed by atoms with Crippen molar-refractivity contribution in [2.75, 3.05) is 13.6 Å². The number of hydrogen-bond acceptors (Lipinski definition) is 3. The van der Waals surface area contributed by atoms with Gasteiger partial charge < -0.3 is 9.52 Å². The van der Waals surface area contributed by atoms with E-state index >= 15 is 0 Å². The van der Waals surface area contributed by atoms with Gasteiger partial charge in [-0.05, 0) is 25.3 Å². The molecule has 0 fully saturated rings. The summed E-state index contributed by atoms with van der Waals surface area (Å²) >= 11 is 0. The number of likely N-dealkylation sites (N-methyl/N-ethyl adjacent to an activating group) is 1. The van der Waals surface area contributed by atoms with Crippen molar-refractivity contribution in [3.05, 3.63) is 48.6 Å². The molecule has 0 bridgehead atoms. The molecule has 3 nitrogen and oxygen atoms in total. The van der Waals surface area contributed by atoms with Crippen LogP contribution in [0.2, 0.25) is 0 Å². The number of hydrogen-bond donors (Lipinski definition) is 1. The number of furan rings is 1. The zero-order chi connectivity index (χ0) is 10.4. The summed E-state index contributed by atoms with van der Waals surface area (Å²) in [5.74, 6) is 1.19. The molecular weight excluding hydrogens is 178 g/mol. The summed E-state index contributed by atoms with van der Waals surface area (Å²) in [4.78, 5) is 1.95. The molecule has 0 aliphatic heterocycles. The molecule has 76 valence electrons. The Morgan fingerprint density at radius 1 is 1.71 bits per heavy atom. The highest BCUT2D eigenvalue weighted by molar-refractivity contribution is 5.05. The molecule has 1 heterocycles. The van der Waals surface area contributed by atoms with Gasteiger partial charge in [0.25, 0.3) is 0 Å². The maximum atomic E-state index is 9.37. The molecule has 0 spiro atoms. The fourth-order valence-electron chi connectivity index (χ4n) is 1.19. The lowest BCUT2D eigenvalue weighted by Crippen LogP contribution is -2.20. The number of aliphatic hydroxyl groups is 1. The van der Waals surface area contributed by atoms with E-state index in [1.165, 1.54) is 0 Å². The van der Waals surface area contributed by atoms with Crippen LogP contribution in [0, 0.1) is 0 Å². The molecule has 0 aliphatic rings. The summed E-state index contributed by atoms with van der Waals surface area (Å²) in [5.41, 5.74) is 0. The second-order valence-electron chi connectivity index (χ2n) is 3.15. The summed E-state index contributed by atoms with van der Waals surface area (Å²) in [6, 6.07) is 3.76. The van der Waals surface area contributed by atoms with Crippen molar-refractivity contribution in [2.24, 2.45) is 0 Å². The number of aliphatic hydroxyl groups excluding tert-OH is 1. The quantitative estimate of drug-likeness (QED) is 0.576. The number of allylic oxidation sites excluding steroid dienone is 2. The van der Waals surface area contributed by atoms with Gasteiger partial charge in [-0.25, -0.2) is 0 Å². The Morgan fingerprint density at radius 3 is 3.07 bits per heavy atom. The molecular formula is C11H15NO2. The molecule has 14 heavy (non-hydrogen) atoms. The zero-order valence-electron chi connectivity index (χ0n) is 8.31. The van der Waals surface area contributed by atoms with E-state index in [1.54, 1.807) is 18.4 Å². The van der Waals surface area contributed by atoms with Gasteiger partial charge in [-0.15, -0.1) is 0 Å². The molecule has 0 atom stereocenters. The molecule has 0 saturated heterocycles. The highest BCUT2D eigenvalue weighted by Crippen LogP contribution is 2.04. The van der Waals surface area contributed by atoms with Crippen molar-refractivity contribution in [3.8, 4) is 0 Å². The minimum atomic E-state index is 0.300. The largest absolute Gasteiger partial charge is 0.511 e. The predicted molar refractivity (Wildman–Crippen MR) is 56.0 cm³/mol. The lowest BCUT2D eigenvalue weighted by molar-refractivity contribution is 0.266. The molecule has 0 unspecified atom stereocenters. The third kappa shape index (κ3) is 3.49. The first-order valence-electron chi connectivity index (χ1n) is 4.44.